The monoisotopic (exact) mass is 560 g/mol. The number of rotatable bonds is 14. The number of aromatic nitrogens is 1. The molecule has 3 aromatic carbocycles. The Kier molecular flexibility index (Phi) is 10.3. The Balaban J connectivity index is 1.58. The summed E-state index contributed by atoms with van der Waals surface area (Å²) in [5.74, 6) is 0.227. The average molecular weight is 561 g/mol. The summed E-state index contributed by atoms with van der Waals surface area (Å²) in [7, 11) is 0. The zero-order valence-electron chi connectivity index (χ0n) is 23.4. The second-order valence-corrected chi connectivity index (χ2v) is 10.1. The number of fused-ring (bicyclic) bond motifs is 1. The number of halogens is 1. The number of hydrogen-bond acceptors (Lipinski definition) is 5. The highest BCUT2D eigenvalue weighted by molar-refractivity contribution is 6.20. The molecule has 4 aromatic rings. The zero-order valence-corrected chi connectivity index (χ0v) is 24.2. The van der Waals surface area contributed by atoms with Gasteiger partial charge >= 0.3 is 5.97 Å². The second-order valence-electron chi connectivity index (χ2n) is 9.66. The third kappa shape index (κ3) is 7.24. The highest BCUT2D eigenvalue weighted by Gasteiger charge is 2.19. The van der Waals surface area contributed by atoms with Crippen LogP contribution in [0.4, 0.5) is 5.69 Å². The highest BCUT2D eigenvalue weighted by atomic mass is 35.5. The van der Waals surface area contributed by atoms with Gasteiger partial charge in [-0.1, -0.05) is 67.9 Å². The van der Waals surface area contributed by atoms with Gasteiger partial charge in [-0.15, -0.1) is 0 Å². The second kappa shape index (κ2) is 14.0. The summed E-state index contributed by atoms with van der Waals surface area (Å²) in [5.41, 5.74) is 4.77. The van der Waals surface area contributed by atoms with E-state index < -0.39 is 5.56 Å². The molecule has 1 heterocycles. The van der Waals surface area contributed by atoms with Gasteiger partial charge in [-0.25, -0.2) is 0 Å². The number of alkyl halides is 1. The Morgan fingerprint density at radius 1 is 0.975 bits per heavy atom. The standard InChI is InChI=1S/C33H37ClN2O4/c1-4-23-13-15-24(16-14-23)21-35-28-18-17-25(20-30(28)40-31(34)5-2)33(38)27-22-36(19-9-12-32(37)39-6-3)29-11-8-7-10-26(27)29/h7-8,10-11,13-18,20,22,31,35H,4-6,9,12,19,21H2,1-3H3. The Labute approximate surface area is 241 Å². The molecule has 0 saturated heterocycles. The van der Waals surface area contributed by atoms with E-state index in [2.05, 4.69) is 36.5 Å². The van der Waals surface area contributed by atoms with Crippen LogP contribution >= 0.6 is 11.6 Å². The van der Waals surface area contributed by atoms with Crippen LogP contribution < -0.4 is 10.1 Å². The van der Waals surface area contributed by atoms with Gasteiger partial charge in [0.2, 0.25) is 0 Å². The van der Waals surface area contributed by atoms with Gasteiger partial charge in [0.05, 0.1) is 12.3 Å². The van der Waals surface area contributed by atoms with Crippen LogP contribution in [0.5, 0.6) is 5.75 Å². The lowest BCUT2D eigenvalue weighted by Crippen LogP contribution is -2.11. The van der Waals surface area contributed by atoms with E-state index in [1.165, 1.54) is 5.56 Å². The largest absolute Gasteiger partial charge is 0.473 e. The van der Waals surface area contributed by atoms with E-state index in [0.29, 0.717) is 55.8 Å². The van der Waals surface area contributed by atoms with Crippen molar-refractivity contribution in [3.8, 4) is 5.75 Å². The SMILES string of the molecule is CCOC(=O)CCCn1cc(C(=O)c2ccc(NCc3ccc(CC)cc3)c(OC(Cl)CC)c2)c2ccccc21. The Morgan fingerprint density at radius 3 is 2.45 bits per heavy atom. The third-order valence-electron chi connectivity index (χ3n) is 6.85. The summed E-state index contributed by atoms with van der Waals surface area (Å²) in [6, 6.07) is 21.8. The van der Waals surface area contributed by atoms with E-state index in [1.54, 1.807) is 13.0 Å². The summed E-state index contributed by atoms with van der Waals surface area (Å²) in [5, 5.41) is 4.31. The molecule has 0 aliphatic rings. The molecule has 1 N–H and O–H groups in total. The topological polar surface area (TPSA) is 69.6 Å². The van der Waals surface area contributed by atoms with E-state index in [1.807, 2.05) is 54.1 Å². The number of anilines is 1. The average Bonchev–Trinajstić information content (AvgIpc) is 3.35. The van der Waals surface area contributed by atoms with Crippen molar-refractivity contribution in [1.82, 2.24) is 4.57 Å². The maximum Gasteiger partial charge on any atom is 0.305 e. The number of aryl methyl sites for hydroxylation is 2. The predicted molar refractivity (Wildman–Crippen MR) is 161 cm³/mol. The quantitative estimate of drug-likeness (QED) is 0.0970. The van der Waals surface area contributed by atoms with Crippen LogP contribution in [-0.2, 0) is 29.0 Å². The van der Waals surface area contributed by atoms with Gasteiger partial charge in [0.15, 0.2) is 11.3 Å². The Hall–Kier alpha value is -3.77. The van der Waals surface area contributed by atoms with Crippen molar-refractivity contribution in [3.05, 3.63) is 95.2 Å². The van der Waals surface area contributed by atoms with Crippen molar-refractivity contribution < 1.29 is 19.1 Å². The molecular formula is C33H37ClN2O4. The van der Waals surface area contributed by atoms with E-state index in [0.717, 1.165) is 28.6 Å². The molecule has 0 aliphatic heterocycles. The highest BCUT2D eigenvalue weighted by Crippen LogP contribution is 2.31. The van der Waals surface area contributed by atoms with Crippen molar-refractivity contribution >= 4 is 39.9 Å². The molecule has 0 radical (unpaired) electrons. The molecule has 4 rings (SSSR count). The van der Waals surface area contributed by atoms with Crippen molar-refractivity contribution in [2.24, 2.45) is 0 Å². The molecule has 6 nitrogen and oxygen atoms in total. The van der Waals surface area contributed by atoms with Crippen molar-refractivity contribution in [2.45, 2.75) is 65.1 Å². The number of nitrogens with zero attached hydrogens (tertiary/aromatic N) is 1. The molecule has 1 atom stereocenters. The normalized spacial score (nSPS) is 11.8. The lowest BCUT2D eigenvalue weighted by molar-refractivity contribution is -0.143. The number of nitrogens with one attached hydrogen (secondary N) is 1. The molecule has 0 aliphatic carbocycles. The number of esters is 1. The fraction of sp³-hybridized carbons (Fsp3) is 0.333. The molecule has 0 spiro atoms. The van der Waals surface area contributed by atoms with E-state index in [-0.39, 0.29) is 11.8 Å². The van der Waals surface area contributed by atoms with Crippen LogP contribution in [0.1, 0.15) is 67.1 Å². The first-order valence-electron chi connectivity index (χ1n) is 14.0. The number of carbonyl (C=O) groups is 2. The minimum Gasteiger partial charge on any atom is -0.473 e. The summed E-state index contributed by atoms with van der Waals surface area (Å²) in [6.45, 7) is 7.49. The number of benzene rings is 3. The van der Waals surface area contributed by atoms with Gasteiger partial charge in [0.1, 0.15) is 5.75 Å². The fourth-order valence-corrected chi connectivity index (χ4v) is 4.71. The lowest BCUT2D eigenvalue weighted by Gasteiger charge is -2.17. The van der Waals surface area contributed by atoms with E-state index >= 15 is 0 Å². The molecule has 0 saturated carbocycles. The van der Waals surface area contributed by atoms with Crippen molar-refractivity contribution in [1.29, 1.82) is 0 Å². The molecule has 1 aromatic heterocycles. The fourth-order valence-electron chi connectivity index (χ4n) is 4.61. The van der Waals surface area contributed by atoms with Gasteiger partial charge in [-0.3, -0.25) is 9.59 Å². The minimum absolute atomic E-state index is 0.102. The van der Waals surface area contributed by atoms with Crippen LogP contribution in [0.15, 0.2) is 72.9 Å². The van der Waals surface area contributed by atoms with Gasteiger partial charge in [0, 0.05) is 47.7 Å². The smallest absolute Gasteiger partial charge is 0.305 e. The van der Waals surface area contributed by atoms with Gasteiger partial charge in [-0.05, 0) is 61.6 Å². The minimum atomic E-state index is -0.518. The first kappa shape index (κ1) is 29.2. The molecule has 40 heavy (non-hydrogen) atoms. The van der Waals surface area contributed by atoms with E-state index in [9.17, 15) is 9.59 Å². The maximum atomic E-state index is 13.8. The van der Waals surface area contributed by atoms with Crippen LogP contribution in [0.2, 0.25) is 0 Å². The molecule has 0 bridgehead atoms. The molecular weight excluding hydrogens is 524 g/mol. The Morgan fingerprint density at radius 2 is 1.73 bits per heavy atom. The zero-order chi connectivity index (χ0) is 28.5. The van der Waals surface area contributed by atoms with Gasteiger partial charge in [0.25, 0.3) is 0 Å². The van der Waals surface area contributed by atoms with Crippen LogP contribution in [0.3, 0.4) is 0 Å². The van der Waals surface area contributed by atoms with Gasteiger partial charge < -0.3 is 19.4 Å². The maximum absolute atomic E-state index is 13.8. The number of carbonyl (C=O) groups excluding carboxylic acids is 2. The number of para-hydroxylation sites is 1. The third-order valence-corrected chi connectivity index (χ3v) is 7.25. The van der Waals surface area contributed by atoms with Gasteiger partial charge in [-0.2, -0.15) is 0 Å². The summed E-state index contributed by atoms with van der Waals surface area (Å²) in [4.78, 5) is 25.6. The first-order valence-corrected chi connectivity index (χ1v) is 14.4. The molecule has 7 heteroatoms. The Bertz CT molecular complexity index is 1440. The number of ether oxygens (including phenoxy) is 2. The number of ketones is 1. The van der Waals surface area contributed by atoms with Crippen LogP contribution in [-0.4, -0.2) is 28.5 Å². The van der Waals surface area contributed by atoms with Crippen molar-refractivity contribution in [3.63, 3.8) is 0 Å². The first-order chi connectivity index (χ1) is 19.4. The molecule has 0 fully saturated rings. The molecule has 210 valence electrons. The molecule has 0 amide bonds. The molecule has 1 unspecified atom stereocenters. The predicted octanol–water partition coefficient (Wildman–Crippen LogP) is 7.74. The summed E-state index contributed by atoms with van der Waals surface area (Å²) >= 11 is 6.37. The summed E-state index contributed by atoms with van der Waals surface area (Å²) < 4.78 is 13.1. The number of hydrogen-bond donors (Lipinski definition) is 1. The summed E-state index contributed by atoms with van der Waals surface area (Å²) in [6.07, 6.45) is 4.46. The van der Waals surface area contributed by atoms with Crippen LogP contribution in [0, 0.1) is 0 Å². The van der Waals surface area contributed by atoms with Crippen LogP contribution in [0.25, 0.3) is 10.9 Å². The van der Waals surface area contributed by atoms with Crippen molar-refractivity contribution in [2.75, 3.05) is 11.9 Å². The van der Waals surface area contributed by atoms with E-state index in [4.69, 9.17) is 21.1 Å². The lowest BCUT2D eigenvalue weighted by atomic mass is 10.0.